The normalized spacial score (nSPS) is 12.6. The van der Waals surface area contributed by atoms with Crippen molar-refractivity contribution < 1.29 is 18.0 Å². The second-order valence-electron chi connectivity index (χ2n) is 6.41. The van der Waals surface area contributed by atoms with Crippen molar-refractivity contribution in [1.29, 1.82) is 0 Å². The first-order valence-corrected chi connectivity index (χ1v) is 11.0. The minimum Gasteiger partial charge on any atom is -0.323 e. The molecule has 0 aliphatic carbocycles. The topological polar surface area (TPSA) is 54.9 Å². The van der Waals surface area contributed by atoms with Gasteiger partial charge < -0.3 is 5.32 Å². The van der Waals surface area contributed by atoms with Crippen LogP contribution in [-0.4, -0.2) is 15.9 Å². The van der Waals surface area contributed by atoms with Gasteiger partial charge in [0.25, 0.3) is 0 Å². The van der Waals surface area contributed by atoms with Gasteiger partial charge in [-0.15, -0.1) is 11.3 Å². The third-order valence-electron chi connectivity index (χ3n) is 4.35. The van der Waals surface area contributed by atoms with Crippen LogP contribution in [0.5, 0.6) is 0 Å². The molecular weight excluding hydrogens is 467 g/mol. The highest BCUT2D eigenvalue weighted by molar-refractivity contribution is 8.00. The van der Waals surface area contributed by atoms with E-state index < -0.39 is 22.9 Å². The zero-order valence-corrected chi connectivity index (χ0v) is 17.9. The molecule has 2 aromatic heterocycles. The van der Waals surface area contributed by atoms with E-state index in [1.807, 2.05) is 17.5 Å². The van der Waals surface area contributed by atoms with Crippen LogP contribution in [0.2, 0.25) is 5.02 Å². The number of anilines is 1. The molecule has 2 heterocycles. The average molecular weight is 480 g/mol. The lowest BCUT2D eigenvalue weighted by Crippen LogP contribution is -2.20. The molecule has 1 atom stereocenters. The number of carbonyl (C=O) groups is 1. The monoisotopic (exact) mass is 479 g/mol. The van der Waals surface area contributed by atoms with Crippen molar-refractivity contribution in [3.8, 4) is 0 Å². The number of nitrogens with one attached hydrogen (secondary N) is 1. The van der Waals surface area contributed by atoms with Crippen LogP contribution in [0, 0.1) is 0 Å². The number of fused-ring (bicyclic) bond motifs is 1. The van der Waals surface area contributed by atoms with Crippen LogP contribution in [0.4, 0.5) is 18.9 Å². The van der Waals surface area contributed by atoms with Crippen LogP contribution in [0.3, 0.4) is 0 Å². The number of thioether (sulfide) groups is 1. The molecule has 4 aromatic rings. The number of thiophene rings is 1. The molecule has 4 rings (SSSR count). The lowest BCUT2D eigenvalue weighted by molar-refractivity contribution is -0.137. The van der Waals surface area contributed by atoms with E-state index >= 15 is 0 Å². The van der Waals surface area contributed by atoms with E-state index in [1.54, 1.807) is 24.3 Å². The molecule has 0 fully saturated rings. The fourth-order valence-corrected chi connectivity index (χ4v) is 4.91. The number of benzene rings is 2. The zero-order chi connectivity index (χ0) is 22.0. The van der Waals surface area contributed by atoms with E-state index in [2.05, 4.69) is 15.3 Å². The van der Waals surface area contributed by atoms with E-state index in [0.29, 0.717) is 10.6 Å². The molecule has 0 saturated heterocycles. The quantitative estimate of drug-likeness (QED) is 0.251. The molecule has 0 bridgehead atoms. The number of hydrogen-bond acceptors (Lipinski definition) is 5. The number of hydrogen-bond donors (Lipinski definition) is 1. The molecule has 0 unspecified atom stereocenters. The standard InChI is InChI=1S/C21H13ClF3N3OS2/c22-15-7-6-13(21(23,24)25)10-16(15)28-18(29)17(12-4-2-1-3-5-12)31-20-14-8-9-30-19(14)26-11-27-20/h1-11,17H,(H,28,29)/t17-/m1/s1. The maximum absolute atomic E-state index is 13.2. The molecule has 31 heavy (non-hydrogen) atoms. The van der Waals surface area contributed by atoms with Crippen molar-refractivity contribution in [1.82, 2.24) is 9.97 Å². The number of amides is 1. The zero-order valence-electron chi connectivity index (χ0n) is 15.6. The summed E-state index contributed by atoms with van der Waals surface area (Å²) in [6.45, 7) is 0. The van der Waals surface area contributed by atoms with Gasteiger partial charge in [0, 0.05) is 5.39 Å². The second-order valence-corrected chi connectivity index (χ2v) is 8.80. The fourth-order valence-electron chi connectivity index (χ4n) is 2.87. The Morgan fingerprint density at radius 3 is 2.61 bits per heavy atom. The first-order chi connectivity index (χ1) is 14.8. The van der Waals surface area contributed by atoms with E-state index in [4.69, 9.17) is 11.6 Å². The van der Waals surface area contributed by atoms with E-state index in [-0.39, 0.29) is 10.7 Å². The fraction of sp³-hybridized carbons (Fsp3) is 0.0952. The number of alkyl halides is 3. The van der Waals surface area contributed by atoms with Crippen molar-refractivity contribution in [2.45, 2.75) is 16.5 Å². The Hall–Kier alpha value is -2.62. The number of aromatic nitrogens is 2. The summed E-state index contributed by atoms with van der Waals surface area (Å²) in [6, 6.07) is 13.6. The van der Waals surface area contributed by atoms with Crippen LogP contribution in [-0.2, 0) is 11.0 Å². The van der Waals surface area contributed by atoms with Gasteiger partial charge >= 0.3 is 6.18 Å². The summed E-state index contributed by atoms with van der Waals surface area (Å²) in [5, 5.41) is 5.08. The molecule has 0 radical (unpaired) electrons. The summed E-state index contributed by atoms with van der Waals surface area (Å²) < 4.78 is 39.3. The van der Waals surface area contributed by atoms with Gasteiger partial charge in [-0.3, -0.25) is 4.79 Å². The van der Waals surface area contributed by atoms with E-state index in [0.717, 1.165) is 28.4 Å². The highest BCUT2D eigenvalue weighted by Crippen LogP contribution is 2.40. The van der Waals surface area contributed by atoms with Crippen molar-refractivity contribution in [2.75, 3.05) is 5.32 Å². The Labute approximate surface area is 188 Å². The van der Waals surface area contributed by atoms with Gasteiger partial charge in [0.2, 0.25) is 5.91 Å². The van der Waals surface area contributed by atoms with Gasteiger partial charge in [0.05, 0.1) is 16.3 Å². The molecule has 0 aliphatic rings. The van der Waals surface area contributed by atoms with Gasteiger partial charge in [-0.25, -0.2) is 9.97 Å². The van der Waals surface area contributed by atoms with Gasteiger partial charge in [0.15, 0.2) is 0 Å². The summed E-state index contributed by atoms with van der Waals surface area (Å²) in [6.07, 6.45) is -3.13. The first-order valence-electron chi connectivity index (χ1n) is 8.90. The number of carbonyl (C=O) groups excluding carboxylic acids is 1. The molecule has 4 nitrogen and oxygen atoms in total. The summed E-state index contributed by atoms with van der Waals surface area (Å²) in [7, 11) is 0. The minimum absolute atomic E-state index is 0.0143. The smallest absolute Gasteiger partial charge is 0.323 e. The third-order valence-corrected chi connectivity index (χ3v) is 6.77. The second kappa shape index (κ2) is 8.86. The summed E-state index contributed by atoms with van der Waals surface area (Å²) in [4.78, 5) is 22.5. The molecular formula is C21H13ClF3N3OS2. The number of rotatable bonds is 5. The Balaban J connectivity index is 1.68. The van der Waals surface area contributed by atoms with Crippen molar-refractivity contribution in [3.63, 3.8) is 0 Å². The molecule has 1 N–H and O–H groups in total. The van der Waals surface area contributed by atoms with Crippen molar-refractivity contribution in [2.24, 2.45) is 0 Å². The molecule has 0 aliphatic heterocycles. The molecule has 2 aromatic carbocycles. The Kier molecular flexibility index (Phi) is 6.17. The number of nitrogens with zero attached hydrogens (tertiary/aromatic N) is 2. The average Bonchev–Trinajstić information content (AvgIpc) is 3.23. The van der Waals surface area contributed by atoms with Crippen LogP contribution in [0.1, 0.15) is 16.4 Å². The third kappa shape index (κ3) is 4.84. The highest BCUT2D eigenvalue weighted by Gasteiger charge is 2.32. The van der Waals surface area contributed by atoms with E-state index in [1.165, 1.54) is 29.4 Å². The predicted molar refractivity (Wildman–Crippen MR) is 118 cm³/mol. The van der Waals surface area contributed by atoms with Gasteiger partial charge in [-0.05, 0) is 35.2 Å². The Morgan fingerprint density at radius 1 is 1.10 bits per heavy atom. The first kappa shape index (κ1) is 21.6. The predicted octanol–water partition coefficient (Wildman–Crippen LogP) is 6.84. The Bertz CT molecular complexity index is 1230. The van der Waals surface area contributed by atoms with Crippen LogP contribution in [0.25, 0.3) is 10.2 Å². The van der Waals surface area contributed by atoms with Gasteiger partial charge in [0.1, 0.15) is 21.4 Å². The maximum atomic E-state index is 13.2. The molecule has 1 amide bonds. The van der Waals surface area contributed by atoms with Crippen molar-refractivity contribution in [3.05, 3.63) is 82.5 Å². The lowest BCUT2D eigenvalue weighted by atomic mass is 10.1. The highest BCUT2D eigenvalue weighted by atomic mass is 35.5. The van der Waals surface area contributed by atoms with Crippen molar-refractivity contribution >= 4 is 56.5 Å². The number of halogens is 4. The summed E-state index contributed by atoms with van der Waals surface area (Å²) in [5.41, 5.74) is -0.326. The van der Waals surface area contributed by atoms with Crippen LogP contribution in [0.15, 0.2) is 71.3 Å². The summed E-state index contributed by atoms with van der Waals surface area (Å²) >= 11 is 8.71. The minimum atomic E-state index is -4.55. The lowest BCUT2D eigenvalue weighted by Gasteiger charge is -2.18. The molecule has 10 heteroatoms. The molecule has 0 saturated carbocycles. The van der Waals surface area contributed by atoms with Crippen LogP contribution >= 0.6 is 34.7 Å². The van der Waals surface area contributed by atoms with Gasteiger partial charge in [-0.1, -0.05) is 53.7 Å². The SMILES string of the molecule is O=C(Nc1cc(C(F)(F)F)ccc1Cl)[C@H](Sc1ncnc2sccc12)c1ccccc1. The summed E-state index contributed by atoms with van der Waals surface area (Å²) in [5.74, 6) is -0.514. The van der Waals surface area contributed by atoms with Gasteiger partial charge in [-0.2, -0.15) is 13.2 Å². The van der Waals surface area contributed by atoms with E-state index in [9.17, 15) is 18.0 Å². The Morgan fingerprint density at radius 2 is 1.87 bits per heavy atom. The van der Waals surface area contributed by atoms with Crippen LogP contribution < -0.4 is 5.32 Å². The molecule has 0 spiro atoms. The maximum Gasteiger partial charge on any atom is 0.416 e. The largest absolute Gasteiger partial charge is 0.416 e. The molecule has 158 valence electrons.